The maximum absolute atomic E-state index is 12.8. The van der Waals surface area contributed by atoms with Crippen molar-refractivity contribution < 1.29 is 34.4 Å². The molecule has 2 aromatic carbocycles. The number of Topliss-reactive ketones (excluding diaryl/α,β-unsaturated/α-hetero) is 1. The summed E-state index contributed by atoms with van der Waals surface area (Å²) in [6, 6.07) is 3.24. The Morgan fingerprint density at radius 1 is 0.875 bits per heavy atom. The molecule has 0 amide bonds. The van der Waals surface area contributed by atoms with Crippen LogP contribution in [0.3, 0.4) is 0 Å². The molecule has 0 unspecified atom stereocenters. The molecule has 0 atom stereocenters. The molecule has 0 bridgehead atoms. The average Bonchev–Trinajstić information content (AvgIpc) is 2.50. The number of ether oxygens (including phenoxy) is 1. The number of phenols is 3. The number of methoxy groups -OCH3 is 1. The van der Waals surface area contributed by atoms with Crippen molar-refractivity contribution in [1.29, 1.82) is 0 Å². The summed E-state index contributed by atoms with van der Waals surface area (Å²) in [6.45, 7) is 1.13. The summed E-state index contributed by atoms with van der Waals surface area (Å²) in [5.41, 5.74) is -1.61. The van der Waals surface area contributed by atoms with Crippen molar-refractivity contribution in [2.75, 3.05) is 7.11 Å². The second-order valence-electron chi connectivity index (χ2n) is 5.32. The van der Waals surface area contributed by atoms with Crippen LogP contribution in [0.25, 0.3) is 0 Å². The van der Waals surface area contributed by atoms with Crippen LogP contribution in [0.15, 0.2) is 18.2 Å². The number of phenolic OH excluding ortho intramolecular Hbond substituents is 3. The first kappa shape index (κ1) is 15.5. The highest BCUT2D eigenvalue weighted by Gasteiger charge is 2.38. The second kappa shape index (κ2) is 5.09. The number of ketones is 3. The number of carbonyl (C=O) groups excluding carboxylic acids is 3. The standard InChI is InChI=1S/C17H12O7/c1-6(18)12-10(20)5-11(21)14-15(12)16(22)8-3-7(24-2)4-9(19)13(8)17(14)23/h3-5,19-21H,1-2H3. The van der Waals surface area contributed by atoms with E-state index >= 15 is 0 Å². The number of carbonyl (C=O) groups is 3. The van der Waals surface area contributed by atoms with Crippen molar-refractivity contribution in [2.24, 2.45) is 0 Å². The Hall–Kier alpha value is -3.35. The molecule has 1 aliphatic rings. The van der Waals surface area contributed by atoms with Gasteiger partial charge in [0, 0.05) is 17.7 Å². The van der Waals surface area contributed by atoms with Crippen LogP contribution >= 0.6 is 0 Å². The van der Waals surface area contributed by atoms with Crippen LogP contribution in [0, 0.1) is 0 Å². The number of benzene rings is 2. The fourth-order valence-electron chi connectivity index (χ4n) is 2.86. The predicted molar refractivity (Wildman–Crippen MR) is 81.3 cm³/mol. The molecule has 7 heteroatoms. The van der Waals surface area contributed by atoms with E-state index in [1.807, 2.05) is 0 Å². The van der Waals surface area contributed by atoms with Gasteiger partial charge in [-0.2, -0.15) is 0 Å². The quantitative estimate of drug-likeness (QED) is 0.613. The molecule has 0 aliphatic heterocycles. The van der Waals surface area contributed by atoms with Gasteiger partial charge in [-0.15, -0.1) is 0 Å². The number of aromatic hydroxyl groups is 3. The topological polar surface area (TPSA) is 121 Å². The van der Waals surface area contributed by atoms with Gasteiger partial charge in [0.15, 0.2) is 11.6 Å². The summed E-state index contributed by atoms with van der Waals surface area (Å²) < 4.78 is 4.97. The van der Waals surface area contributed by atoms with Crippen LogP contribution in [-0.4, -0.2) is 39.8 Å². The van der Waals surface area contributed by atoms with Gasteiger partial charge < -0.3 is 20.1 Å². The summed E-state index contributed by atoms with van der Waals surface area (Å²) in [7, 11) is 1.32. The van der Waals surface area contributed by atoms with Crippen LogP contribution in [-0.2, 0) is 0 Å². The van der Waals surface area contributed by atoms with Gasteiger partial charge in [-0.25, -0.2) is 0 Å². The van der Waals surface area contributed by atoms with Gasteiger partial charge in [-0.05, 0) is 13.0 Å². The fourth-order valence-corrected chi connectivity index (χ4v) is 2.86. The van der Waals surface area contributed by atoms with Crippen molar-refractivity contribution in [2.45, 2.75) is 6.92 Å². The smallest absolute Gasteiger partial charge is 0.202 e. The van der Waals surface area contributed by atoms with E-state index in [1.54, 1.807) is 0 Å². The summed E-state index contributed by atoms with van der Waals surface area (Å²) in [5, 5.41) is 30.0. The van der Waals surface area contributed by atoms with Crippen molar-refractivity contribution in [3.8, 4) is 23.0 Å². The monoisotopic (exact) mass is 328 g/mol. The lowest BCUT2D eigenvalue weighted by molar-refractivity contribution is 0.0962. The minimum Gasteiger partial charge on any atom is -0.507 e. The third-order valence-corrected chi connectivity index (χ3v) is 3.89. The van der Waals surface area contributed by atoms with E-state index in [2.05, 4.69) is 0 Å². The SMILES string of the molecule is COc1cc(O)c2c(c1)C(=O)c1c(C(C)=O)c(O)cc(O)c1C2=O. The summed E-state index contributed by atoms with van der Waals surface area (Å²) >= 11 is 0. The maximum atomic E-state index is 12.8. The lowest BCUT2D eigenvalue weighted by Gasteiger charge is -2.22. The molecular weight excluding hydrogens is 316 g/mol. The van der Waals surface area contributed by atoms with E-state index in [0.717, 1.165) is 13.0 Å². The van der Waals surface area contributed by atoms with Gasteiger partial charge in [-0.1, -0.05) is 0 Å². The Bertz CT molecular complexity index is 941. The molecule has 0 saturated heterocycles. The molecule has 0 saturated carbocycles. The van der Waals surface area contributed by atoms with E-state index in [-0.39, 0.29) is 28.0 Å². The van der Waals surface area contributed by atoms with Crippen molar-refractivity contribution in [3.63, 3.8) is 0 Å². The first-order valence-corrected chi connectivity index (χ1v) is 6.88. The third-order valence-electron chi connectivity index (χ3n) is 3.89. The molecule has 3 rings (SSSR count). The lowest BCUT2D eigenvalue weighted by atomic mass is 9.79. The normalized spacial score (nSPS) is 12.6. The van der Waals surface area contributed by atoms with Crippen LogP contribution in [0.4, 0.5) is 0 Å². The molecule has 0 spiro atoms. The van der Waals surface area contributed by atoms with E-state index in [9.17, 15) is 29.7 Å². The van der Waals surface area contributed by atoms with Gasteiger partial charge in [0.1, 0.15) is 23.0 Å². The van der Waals surface area contributed by atoms with Crippen LogP contribution in [0.5, 0.6) is 23.0 Å². The van der Waals surface area contributed by atoms with E-state index in [1.165, 1.54) is 19.2 Å². The highest BCUT2D eigenvalue weighted by atomic mass is 16.5. The zero-order valence-electron chi connectivity index (χ0n) is 12.7. The fraction of sp³-hybridized carbons (Fsp3) is 0.118. The molecule has 0 radical (unpaired) electrons. The zero-order valence-corrected chi connectivity index (χ0v) is 12.7. The number of rotatable bonds is 2. The Morgan fingerprint density at radius 3 is 2.08 bits per heavy atom. The molecule has 0 aromatic heterocycles. The first-order valence-electron chi connectivity index (χ1n) is 6.88. The third kappa shape index (κ3) is 1.95. The Balaban J connectivity index is 2.44. The Morgan fingerprint density at radius 2 is 1.50 bits per heavy atom. The molecular formula is C17H12O7. The maximum Gasteiger partial charge on any atom is 0.202 e. The van der Waals surface area contributed by atoms with Crippen LogP contribution in [0.2, 0.25) is 0 Å². The summed E-state index contributed by atoms with van der Waals surface area (Å²) in [5.74, 6) is -3.82. The molecule has 2 aromatic rings. The number of hydrogen-bond donors (Lipinski definition) is 3. The largest absolute Gasteiger partial charge is 0.507 e. The molecule has 24 heavy (non-hydrogen) atoms. The van der Waals surface area contributed by atoms with Gasteiger partial charge >= 0.3 is 0 Å². The van der Waals surface area contributed by atoms with Gasteiger partial charge in [-0.3, -0.25) is 14.4 Å². The van der Waals surface area contributed by atoms with Crippen molar-refractivity contribution in [3.05, 3.63) is 46.0 Å². The van der Waals surface area contributed by atoms with E-state index in [4.69, 9.17) is 4.74 Å². The molecule has 0 heterocycles. The molecule has 122 valence electrons. The highest BCUT2D eigenvalue weighted by Crippen LogP contribution is 2.42. The van der Waals surface area contributed by atoms with Crippen LogP contribution < -0.4 is 4.74 Å². The molecule has 0 fully saturated rings. The summed E-state index contributed by atoms with van der Waals surface area (Å²) in [4.78, 5) is 37.3. The van der Waals surface area contributed by atoms with Crippen molar-refractivity contribution in [1.82, 2.24) is 0 Å². The molecule has 7 nitrogen and oxygen atoms in total. The second-order valence-corrected chi connectivity index (χ2v) is 5.32. The summed E-state index contributed by atoms with van der Waals surface area (Å²) in [6.07, 6.45) is 0. The number of fused-ring (bicyclic) bond motifs is 2. The Labute approximate surface area is 135 Å². The number of hydrogen-bond acceptors (Lipinski definition) is 7. The minimum atomic E-state index is -0.820. The van der Waals surface area contributed by atoms with E-state index in [0.29, 0.717) is 0 Å². The van der Waals surface area contributed by atoms with Gasteiger partial charge in [0.25, 0.3) is 0 Å². The highest BCUT2D eigenvalue weighted by molar-refractivity contribution is 6.33. The minimum absolute atomic E-state index is 0.143. The average molecular weight is 328 g/mol. The zero-order chi connectivity index (χ0) is 17.8. The molecule has 3 N–H and O–H groups in total. The van der Waals surface area contributed by atoms with Crippen molar-refractivity contribution >= 4 is 17.3 Å². The van der Waals surface area contributed by atoms with Crippen LogP contribution in [0.1, 0.15) is 49.1 Å². The van der Waals surface area contributed by atoms with E-state index < -0.39 is 40.2 Å². The molecule has 1 aliphatic carbocycles. The predicted octanol–water partition coefficient (Wildman–Crippen LogP) is 1.79. The van der Waals surface area contributed by atoms with Gasteiger partial charge in [0.05, 0.1) is 29.4 Å². The lowest BCUT2D eigenvalue weighted by Crippen LogP contribution is -2.24. The first-order chi connectivity index (χ1) is 11.3. The van der Waals surface area contributed by atoms with Gasteiger partial charge in [0.2, 0.25) is 5.78 Å². The Kier molecular flexibility index (Phi) is 3.30.